The van der Waals surface area contributed by atoms with Gasteiger partial charge in [0.1, 0.15) is 18.0 Å². The molecule has 0 saturated heterocycles. The van der Waals surface area contributed by atoms with Crippen LogP contribution in [-0.2, 0) is 0 Å². The van der Waals surface area contributed by atoms with Crippen molar-refractivity contribution in [2.75, 3.05) is 0 Å². The molecule has 1 unspecified atom stereocenters. The topological polar surface area (TPSA) is 47.6 Å². The summed E-state index contributed by atoms with van der Waals surface area (Å²) in [6.45, 7) is 0. The van der Waals surface area contributed by atoms with Gasteiger partial charge < -0.3 is 0 Å². The average molecular weight is 166 g/mol. The third-order valence-corrected chi connectivity index (χ3v) is 1.53. The monoisotopic (exact) mass is 166 g/mol. The van der Waals surface area contributed by atoms with Crippen molar-refractivity contribution in [3.63, 3.8) is 0 Å². The lowest BCUT2D eigenvalue weighted by Crippen LogP contribution is -2.19. The Labute approximate surface area is 68.0 Å². The third-order valence-electron chi connectivity index (χ3n) is 1.53. The van der Waals surface area contributed by atoms with Gasteiger partial charge in [-0.3, -0.25) is 0 Å². The van der Waals surface area contributed by atoms with Gasteiger partial charge in [-0.25, -0.2) is 8.78 Å². The van der Waals surface area contributed by atoms with Gasteiger partial charge in [-0.1, -0.05) is 0 Å². The molecule has 0 aromatic heterocycles. The van der Waals surface area contributed by atoms with Crippen LogP contribution >= 0.6 is 0 Å². The van der Waals surface area contributed by atoms with Crippen LogP contribution in [0.5, 0.6) is 0 Å². The quantitative estimate of drug-likeness (QED) is 0.552. The summed E-state index contributed by atoms with van der Waals surface area (Å²) in [6, 6.07) is 2.88. The Bertz CT molecular complexity index is 343. The minimum atomic E-state index is -2.29. The standard InChI is InChI=1S/C8H4F2N2/c9-7-3-8(10,5-12)2-1-6(7)4-11/h1-2H,3H2. The van der Waals surface area contributed by atoms with Crippen molar-refractivity contribution in [2.45, 2.75) is 12.1 Å². The Kier molecular flexibility index (Phi) is 1.93. The summed E-state index contributed by atoms with van der Waals surface area (Å²) in [5, 5.41) is 16.6. The zero-order chi connectivity index (χ0) is 9.19. The number of hydrogen-bond donors (Lipinski definition) is 0. The van der Waals surface area contributed by atoms with Crippen molar-refractivity contribution in [3.05, 3.63) is 23.6 Å². The lowest BCUT2D eigenvalue weighted by molar-refractivity contribution is 0.285. The van der Waals surface area contributed by atoms with E-state index in [1.165, 1.54) is 6.07 Å². The fourth-order valence-corrected chi connectivity index (χ4v) is 0.861. The zero-order valence-corrected chi connectivity index (χ0v) is 6.01. The number of hydrogen-bond acceptors (Lipinski definition) is 2. The predicted molar refractivity (Wildman–Crippen MR) is 37.0 cm³/mol. The minimum Gasteiger partial charge on any atom is -0.222 e. The van der Waals surface area contributed by atoms with Gasteiger partial charge in [0.05, 0.1) is 12.0 Å². The molecule has 0 radical (unpaired) electrons. The van der Waals surface area contributed by atoms with Crippen LogP contribution in [0.15, 0.2) is 23.6 Å². The first-order valence-corrected chi connectivity index (χ1v) is 3.19. The molecule has 0 saturated carbocycles. The summed E-state index contributed by atoms with van der Waals surface area (Å²) in [7, 11) is 0. The second-order valence-electron chi connectivity index (χ2n) is 2.41. The normalized spacial score (nSPS) is 28.0. The summed E-state index contributed by atoms with van der Waals surface area (Å²) in [5.41, 5.74) is -2.50. The van der Waals surface area contributed by atoms with Gasteiger partial charge >= 0.3 is 0 Å². The molecule has 0 heterocycles. The highest BCUT2D eigenvalue weighted by atomic mass is 19.1. The molecule has 0 aromatic rings. The molecule has 0 amide bonds. The van der Waals surface area contributed by atoms with Crippen LogP contribution in [0.2, 0.25) is 0 Å². The Morgan fingerprint density at radius 2 is 2.17 bits per heavy atom. The highest BCUT2D eigenvalue weighted by molar-refractivity contribution is 5.43. The van der Waals surface area contributed by atoms with Crippen molar-refractivity contribution < 1.29 is 8.78 Å². The maximum absolute atomic E-state index is 13.0. The van der Waals surface area contributed by atoms with Crippen molar-refractivity contribution in [1.82, 2.24) is 0 Å². The Morgan fingerprint density at radius 3 is 2.58 bits per heavy atom. The highest BCUT2D eigenvalue weighted by Crippen LogP contribution is 2.30. The van der Waals surface area contributed by atoms with Gasteiger partial charge in [0.15, 0.2) is 0 Å². The third kappa shape index (κ3) is 1.33. The van der Waals surface area contributed by atoms with E-state index in [-0.39, 0.29) is 5.57 Å². The maximum Gasteiger partial charge on any atom is 0.221 e. The van der Waals surface area contributed by atoms with Crippen LogP contribution in [0.3, 0.4) is 0 Å². The summed E-state index contributed by atoms with van der Waals surface area (Å²) in [6.07, 6.45) is 1.22. The smallest absolute Gasteiger partial charge is 0.221 e. The van der Waals surface area contributed by atoms with Crippen LogP contribution in [0.25, 0.3) is 0 Å². The Morgan fingerprint density at radius 1 is 1.50 bits per heavy atom. The number of rotatable bonds is 0. The van der Waals surface area contributed by atoms with Gasteiger partial charge in [-0.15, -0.1) is 0 Å². The Balaban J connectivity index is 3.00. The molecular weight excluding hydrogens is 162 g/mol. The average Bonchev–Trinajstić information content (AvgIpc) is 2.05. The van der Waals surface area contributed by atoms with Crippen molar-refractivity contribution in [1.29, 1.82) is 10.5 Å². The first kappa shape index (κ1) is 8.42. The van der Waals surface area contributed by atoms with Crippen molar-refractivity contribution in [3.8, 4) is 12.1 Å². The summed E-state index contributed by atoms with van der Waals surface area (Å²) >= 11 is 0. The van der Waals surface area contributed by atoms with E-state index in [1.54, 1.807) is 6.07 Å². The first-order valence-electron chi connectivity index (χ1n) is 3.19. The second-order valence-corrected chi connectivity index (χ2v) is 2.41. The fourth-order valence-electron chi connectivity index (χ4n) is 0.861. The van der Waals surface area contributed by atoms with E-state index in [4.69, 9.17) is 10.5 Å². The predicted octanol–water partition coefficient (Wildman–Crippen LogP) is 1.93. The van der Waals surface area contributed by atoms with E-state index in [2.05, 4.69) is 0 Å². The molecule has 2 nitrogen and oxygen atoms in total. The van der Waals surface area contributed by atoms with E-state index >= 15 is 0 Å². The second kappa shape index (κ2) is 2.75. The highest BCUT2D eigenvalue weighted by Gasteiger charge is 2.32. The molecule has 0 spiro atoms. The SMILES string of the molecule is N#CC1=C(F)CC(F)(C#N)C=C1. The molecule has 1 atom stereocenters. The largest absolute Gasteiger partial charge is 0.222 e. The molecule has 0 aliphatic heterocycles. The lowest BCUT2D eigenvalue weighted by Gasteiger charge is -2.14. The van der Waals surface area contributed by atoms with Crippen LogP contribution in [0, 0.1) is 22.7 Å². The molecule has 4 heteroatoms. The molecule has 1 aliphatic rings. The van der Waals surface area contributed by atoms with Crippen molar-refractivity contribution >= 4 is 0 Å². The number of halogens is 2. The summed E-state index contributed by atoms with van der Waals surface area (Å²) in [4.78, 5) is 0. The van der Waals surface area contributed by atoms with E-state index in [0.29, 0.717) is 0 Å². The Hall–Kier alpha value is -1.68. The van der Waals surface area contributed by atoms with Crippen LogP contribution in [0.1, 0.15) is 6.42 Å². The van der Waals surface area contributed by atoms with Gasteiger partial charge in [0.2, 0.25) is 5.67 Å². The number of nitriles is 2. The van der Waals surface area contributed by atoms with Crippen LogP contribution < -0.4 is 0 Å². The van der Waals surface area contributed by atoms with Crippen LogP contribution in [0.4, 0.5) is 8.78 Å². The zero-order valence-electron chi connectivity index (χ0n) is 6.01. The summed E-state index contributed by atoms with van der Waals surface area (Å²) < 4.78 is 25.8. The number of nitrogens with zero attached hydrogens (tertiary/aromatic N) is 2. The number of allylic oxidation sites excluding steroid dienone is 4. The molecule has 0 N–H and O–H groups in total. The molecule has 60 valence electrons. The van der Waals surface area contributed by atoms with Gasteiger partial charge in [-0.2, -0.15) is 10.5 Å². The maximum atomic E-state index is 13.0. The number of alkyl halides is 1. The molecule has 1 aliphatic carbocycles. The van der Waals surface area contributed by atoms with E-state index in [1.807, 2.05) is 0 Å². The molecular formula is C8H4F2N2. The van der Waals surface area contributed by atoms with Gasteiger partial charge in [-0.05, 0) is 12.2 Å². The summed E-state index contributed by atoms with van der Waals surface area (Å²) in [5.74, 6) is -0.871. The molecule has 12 heavy (non-hydrogen) atoms. The lowest BCUT2D eigenvalue weighted by atomic mass is 9.95. The fraction of sp³-hybridized carbons (Fsp3) is 0.250. The minimum absolute atomic E-state index is 0.210. The molecule has 0 bridgehead atoms. The first-order chi connectivity index (χ1) is 5.61. The van der Waals surface area contributed by atoms with Crippen molar-refractivity contribution in [2.24, 2.45) is 0 Å². The molecule has 1 rings (SSSR count). The van der Waals surface area contributed by atoms with E-state index in [9.17, 15) is 8.78 Å². The molecule has 0 aromatic carbocycles. The van der Waals surface area contributed by atoms with E-state index < -0.39 is 17.9 Å². The van der Waals surface area contributed by atoms with E-state index in [0.717, 1.165) is 12.2 Å². The van der Waals surface area contributed by atoms with Gasteiger partial charge in [0, 0.05) is 0 Å². The van der Waals surface area contributed by atoms with Gasteiger partial charge in [0.25, 0.3) is 0 Å². The molecule has 0 fully saturated rings. The van der Waals surface area contributed by atoms with Crippen LogP contribution in [-0.4, -0.2) is 5.67 Å².